The molecule has 67 heavy (non-hydrogen) atoms. The zero-order valence-corrected chi connectivity index (χ0v) is 46.6. The Hall–Kier alpha value is -4.26. The van der Waals surface area contributed by atoms with Crippen molar-refractivity contribution in [1.29, 1.82) is 0 Å². The maximum Gasteiger partial charge on any atom is 0.345 e. The van der Waals surface area contributed by atoms with Gasteiger partial charge < -0.3 is 28.2 Å². The van der Waals surface area contributed by atoms with Crippen molar-refractivity contribution in [3.8, 4) is 51.4 Å². The lowest BCUT2D eigenvalue weighted by Crippen LogP contribution is -2.50. The van der Waals surface area contributed by atoms with Crippen LogP contribution in [0, 0.1) is 13.8 Å². The number of aliphatic carboxylic acids is 1. The fourth-order valence-corrected chi connectivity index (χ4v) is 17.2. The fourth-order valence-electron chi connectivity index (χ4n) is 8.59. The van der Waals surface area contributed by atoms with Crippen LogP contribution in [0.3, 0.4) is 0 Å². The first-order valence-corrected chi connectivity index (χ1v) is 29.7. The third-order valence-corrected chi connectivity index (χ3v) is 26.0. The van der Waals surface area contributed by atoms with E-state index < -0.39 is 28.7 Å². The molecule has 1 N–H and O–H groups in total. The van der Waals surface area contributed by atoms with Crippen molar-refractivity contribution in [2.75, 3.05) is 7.11 Å². The van der Waals surface area contributed by atoms with Gasteiger partial charge in [-0.15, -0.1) is 11.3 Å². The van der Waals surface area contributed by atoms with E-state index in [1.165, 1.54) is 17.7 Å². The van der Waals surface area contributed by atoms with Gasteiger partial charge in [0, 0.05) is 23.7 Å². The van der Waals surface area contributed by atoms with E-state index in [9.17, 15) is 9.90 Å². The molecule has 3 aromatic heterocycles. The highest BCUT2D eigenvalue weighted by atomic mass is 79.9. The smallest absolute Gasteiger partial charge is 0.345 e. The van der Waals surface area contributed by atoms with Gasteiger partial charge in [-0.2, -0.15) is 0 Å². The number of nitrogens with zero attached hydrogens (tertiary/aromatic N) is 4. The van der Waals surface area contributed by atoms with Crippen molar-refractivity contribution >= 4 is 83.3 Å². The summed E-state index contributed by atoms with van der Waals surface area (Å²) in [6.45, 7) is 28.1. The summed E-state index contributed by atoms with van der Waals surface area (Å²) in [6, 6.07) is 14.8. The van der Waals surface area contributed by atoms with Crippen molar-refractivity contribution in [3.63, 3.8) is 0 Å². The minimum atomic E-state index is -2.45. The summed E-state index contributed by atoms with van der Waals surface area (Å²) >= 11 is 19.8. The van der Waals surface area contributed by atoms with E-state index in [4.69, 9.17) is 51.2 Å². The van der Waals surface area contributed by atoms with Crippen LogP contribution in [0.2, 0.25) is 44.8 Å². The van der Waals surface area contributed by atoms with Gasteiger partial charge in [0.15, 0.2) is 5.82 Å². The molecule has 1 atom stereocenters. The van der Waals surface area contributed by atoms with Gasteiger partial charge in [0.05, 0.1) is 37.6 Å². The van der Waals surface area contributed by atoms with Gasteiger partial charge in [-0.1, -0.05) is 97.6 Å². The SMILES string of the molecule is COc1ccccc1-c1nccc(COc2ccc(O[Si](C)(C)C(C)(C)C)cc2CC(Oc2ncnc3sc(Br)c(-c4c(C)c(Cl)c(O[Si](C(C)C)(C(C)C)C(C)C)c(Cl)c4C)c23)C(=O)O)n1. The third-order valence-electron chi connectivity index (χ3n) is 13.0. The Morgan fingerprint density at radius 2 is 1.51 bits per heavy atom. The molecule has 0 fully saturated rings. The molecule has 11 nitrogen and oxygen atoms in total. The van der Waals surface area contributed by atoms with E-state index in [1.807, 2.05) is 50.2 Å². The van der Waals surface area contributed by atoms with Crippen molar-refractivity contribution in [2.24, 2.45) is 0 Å². The molecule has 1 unspecified atom stereocenters. The molecule has 3 aromatic carbocycles. The average molecular weight is 1070 g/mol. The van der Waals surface area contributed by atoms with Gasteiger partial charge in [-0.25, -0.2) is 24.7 Å². The Kier molecular flexibility index (Phi) is 16.2. The highest BCUT2D eigenvalue weighted by Gasteiger charge is 2.48. The number of methoxy groups -OCH3 is 1. The molecule has 17 heteroatoms. The molecule has 0 aliphatic heterocycles. The minimum Gasteiger partial charge on any atom is -0.543 e. The number of hydrogen-bond acceptors (Lipinski definition) is 11. The molecule has 6 aromatic rings. The van der Waals surface area contributed by atoms with Gasteiger partial charge in [0.25, 0.3) is 8.32 Å². The first-order valence-electron chi connectivity index (χ1n) is 22.3. The van der Waals surface area contributed by atoms with Crippen LogP contribution in [0.4, 0.5) is 0 Å². The van der Waals surface area contributed by atoms with E-state index in [0.29, 0.717) is 82.5 Å². The normalized spacial score (nSPS) is 12.8. The number of aromatic nitrogens is 4. The number of carbonyl (C=O) groups is 1. The molecule has 0 bridgehead atoms. The molecule has 0 amide bonds. The van der Waals surface area contributed by atoms with Gasteiger partial charge in [0.1, 0.15) is 40.8 Å². The molecule has 3 heterocycles. The van der Waals surface area contributed by atoms with Crippen LogP contribution in [-0.2, 0) is 17.8 Å². The summed E-state index contributed by atoms with van der Waals surface area (Å²) in [5.41, 5.74) is 5.73. The Labute approximate surface area is 419 Å². The predicted molar refractivity (Wildman–Crippen MR) is 280 cm³/mol. The van der Waals surface area contributed by atoms with Crippen LogP contribution < -0.4 is 23.1 Å². The number of rotatable bonds is 18. The van der Waals surface area contributed by atoms with Crippen LogP contribution in [0.5, 0.6) is 28.9 Å². The summed E-state index contributed by atoms with van der Waals surface area (Å²) in [5.74, 6) is 1.56. The van der Waals surface area contributed by atoms with Gasteiger partial charge in [0.2, 0.25) is 20.3 Å². The van der Waals surface area contributed by atoms with E-state index in [1.54, 1.807) is 25.4 Å². The number of halogens is 3. The molecule has 358 valence electrons. The van der Waals surface area contributed by atoms with Crippen molar-refractivity contribution in [2.45, 2.75) is 130 Å². The highest BCUT2D eigenvalue weighted by molar-refractivity contribution is 9.11. The second-order valence-electron chi connectivity index (χ2n) is 19.3. The maximum atomic E-state index is 13.3. The van der Waals surface area contributed by atoms with Crippen LogP contribution in [0.25, 0.3) is 32.7 Å². The topological polar surface area (TPSA) is 135 Å². The van der Waals surface area contributed by atoms with Gasteiger partial charge in [-0.3, -0.25) is 0 Å². The largest absolute Gasteiger partial charge is 0.543 e. The number of ether oxygens (including phenoxy) is 3. The summed E-state index contributed by atoms with van der Waals surface area (Å²) in [4.78, 5) is 32.3. The second kappa shape index (κ2) is 20.8. The van der Waals surface area contributed by atoms with E-state index >= 15 is 0 Å². The predicted octanol–water partition coefficient (Wildman–Crippen LogP) is 15.1. The average Bonchev–Trinajstić information content (AvgIpc) is 3.60. The lowest BCUT2D eigenvalue weighted by atomic mass is 9.95. The van der Waals surface area contributed by atoms with Crippen LogP contribution in [0.1, 0.15) is 84.7 Å². The summed E-state index contributed by atoms with van der Waals surface area (Å²) in [5, 5.41) is 12.2. The number of carboxylic acid groups (broad SMARTS) is 1. The molecule has 6 rings (SSSR count). The zero-order chi connectivity index (χ0) is 49.3. The van der Waals surface area contributed by atoms with Crippen molar-refractivity contribution in [1.82, 2.24) is 19.9 Å². The molecule has 0 aliphatic carbocycles. The number of fused-ring (bicyclic) bond motifs is 1. The fraction of sp³-hybridized carbons (Fsp3) is 0.420. The lowest BCUT2D eigenvalue weighted by Gasteiger charge is -2.43. The Bertz CT molecular complexity index is 2730. The van der Waals surface area contributed by atoms with E-state index in [0.717, 1.165) is 26.0 Å². The number of hydrogen-bond donors (Lipinski definition) is 1. The molecule has 0 radical (unpaired) electrons. The molecule has 0 aliphatic rings. The Morgan fingerprint density at radius 3 is 2.10 bits per heavy atom. The zero-order valence-electron chi connectivity index (χ0n) is 40.7. The standard InChI is InChI=1S/C50H61BrCl2N4O7SSi2/c1-27(2)67(28(3)4,29(5)6)64-44-42(52)30(7)39(31(8)43(44)53)40-41-47(55-26-56-48(41)65-45(40)51)62-38(49(58)59)24-32-23-34(63-66(13,14)50(9,10)11)19-20-36(32)61-25-33-21-22-54-46(57-33)35-17-15-16-18-37(35)60-12/h15-23,26-29,38H,24-25H2,1-14H3,(H,58,59). The van der Waals surface area contributed by atoms with Gasteiger partial charge >= 0.3 is 5.97 Å². The summed E-state index contributed by atoms with van der Waals surface area (Å²) < 4.78 is 33.1. The van der Waals surface area contributed by atoms with Crippen LogP contribution in [0.15, 0.2) is 64.8 Å². The van der Waals surface area contributed by atoms with Crippen molar-refractivity contribution < 1.29 is 33.0 Å². The molecule has 0 saturated carbocycles. The number of para-hydroxylation sites is 1. The van der Waals surface area contributed by atoms with E-state index in [-0.39, 0.29) is 23.9 Å². The van der Waals surface area contributed by atoms with Gasteiger partial charge in [-0.05, 0) is 118 Å². The number of carboxylic acids is 1. The molecular weight excluding hydrogens is 1010 g/mol. The Balaban J connectivity index is 1.40. The summed E-state index contributed by atoms with van der Waals surface area (Å²) in [6.07, 6.45) is 1.52. The van der Waals surface area contributed by atoms with Crippen LogP contribution in [-0.4, -0.2) is 60.9 Å². The number of thiophene rings is 1. The molecular formula is C50H61BrCl2N4O7SSi2. The lowest BCUT2D eigenvalue weighted by molar-refractivity contribution is -0.145. The number of benzene rings is 3. The van der Waals surface area contributed by atoms with Crippen molar-refractivity contribution in [3.05, 3.63) is 97.3 Å². The highest BCUT2D eigenvalue weighted by Crippen LogP contribution is 2.54. The third kappa shape index (κ3) is 10.7. The monoisotopic (exact) mass is 1070 g/mol. The first-order chi connectivity index (χ1) is 31.4. The quantitative estimate of drug-likeness (QED) is 0.0824. The van der Waals surface area contributed by atoms with Crippen LogP contribution >= 0.6 is 50.5 Å². The molecule has 0 saturated heterocycles. The maximum absolute atomic E-state index is 13.3. The first kappa shape index (κ1) is 52.1. The second-order valence-corrected chi connectivity index (χ2v) is 32.4. The minimum absolute atomic E-state index is 0.0702. The molecule has 0 spiro atoms. The Morgan fingerprint density at radius 1 is 0.866 bits per heavy atom. The summed E-state index contributed by atoms with van der Waals surface area (Å²) in [7, 11) is -3.15. The van der Waals surface area contributed by atoms with E-state index in [2.05, 4.69) is 106 Å².